The van der Waals surface area contributed by atoms with E-state index in [0.29, 0.717) is 0 Å². The summed E-state index contributed by atoms with van der Waals surface area (Å²) in [6.45, 7) is 7.17. The van der Waals surface area contributed by atoms with E-state index in [2.05, 4.69) is 34.6 Å². The lowest BCUT2D eigenvalue weighted by molar-refractivity contribution is 0.0630. The zero-order valence-corrected chi connectivity index (χ0v) is 16.3. The fourth-order valence-corrected chi connectivity index (χ4v) is 3.93. The summed E-state index contributed by atoms with van der Waals surface area (Å²) in [5.41, 5.74) is 3.20. The van der Waals surface area contributed by atoms with Gasteiger partial charge in [0, 0.05) is 61.4 Å². The number of carbonyl (C=O) groups excluding carboxylic acids is 1. The first-order valence-corrected chi connectivity index (χ1v) is 9.87. The molecule has 1 fully saturated rings. The van der Waals surface area contributed by atoms with Crippen LogP contribution in [-0.2, 0) is 13.1 Å². The Labute approximate surface area is 164 Å². The highest BCUT2D eigenvalue weighted by Crippen LogP contribution is 2.23. The first-order valence-electron chi connectivity index (χ1n) is 9.49. The molecule has 1 amide bonds. The summed E-state index contributed by atoms with van der Waals surface area (Å²) in [7, 11) is 0. The van der Waals surface area contributed by atoms with Crippen LogP contribution in [0.1, 0.15) is 22.8 Å². The van der Waals surface area contributed by atoms with Gasteiger partial charge in [0.1, 0.15) is 0 Å². The highest BCUT2D eigenvalue weighted by molar-refractivity contribution is 6.30. The predicted octanol–water partition coefficient (Wildman–Crippen LogP) is 4.27. The van der Waals surface area contributed by atoms with Gasteiger partial charge in [0.15, 0.2) is 0 Å². The number of halogens is 1. The molecule has 0 bridgehead atoms. The Morgan fingerprint density at radius 2 is 1.70 bits per heavy atom. The van der Waals surface area contributed by atoms with Crippen LogP contribution in [0.15, 0.2) is 54.7 Å². The highest BCUT2D eigenvalue weighted by Gasteiger charge is 2.24. The van der Waals surface area contributed by atoms with Gasteiger partial charge in [-0.25, -0.2) is 0 Å². The van der Waals surface area contributed by atoms with Crippen molar-refractivity contribution in [3.63, 3.8) is 0 Å². The maximum Gasteiger partial charge on any atom is 0.256 e. The number of hydrogen-bond acceptors (Lipinski definition) is 2. The average molecular weight is 382 g/mol. The van der Waals surface area contributed by atoms with Gasteiger partial charge in [-0.05, 0) is 30.7 Å². The summed E-state index contributed by atoms with van der Waals surface area (Å²) in [5, 5.41) is 1.81. The fourth-order valence-electron chi connectivity index (χ4n) is 3.81. The van der Waals surface area contributed by atoms with E-state index in [0.717, 1.165) is 60.8 Å². The van der Waals surface area contributed by atoms with Crippen molar-refractivity contribution in [2.24, 2.45) is 0 Å². The second-order valence-electron chi connectivity index (χ2n) is 7.04. The number of carbonyl (C=O) groups is 1. The number of aryl methyl sites for hydroxylation is 1. The number of benzene rings is 2. The average Bonchev–Trinajstić information content (AvgIpc) is 3.09. The van der Waals surface area contributed by atoms with Crippen LogP contribution in [0.3, 0.4) is 0 Å². The van der Waals surface area contributed by atoms with Gasteiger partial charge in [-0.3, -0.25) is 9.69 Å². The molecule has 0 N–H and O–H groups in total. The van der Waals surface area contributed by atoms with Gasteiger partial charge < -0.3 is 9.47 Å². The monoisotopic (exact) mass is 381 g/mol. The lowest BCUT2D eigenvalue weighted by atomic mass is 10.1. The molecule has 1 aliphatic heterocycles. The molecule has 4 nitrogen and oxygen atoms in total. The Hall–Kier alpha value is -2.30. The van der Waals surface area contributed by atoms with Crippen LogP contribution in [0, 0.1) is 0 Å². The Balaban J connectivity index is 1.44. The van der Waals surface area contributed by atoms with Crippen molar-refractivity contribution >= 4 is 28.4 Å². The number of nitrogens with zero attached hydrogens (tertiary/aromatic N) is 3. The van der Waals surface area contributed by atoms with Crippen molar-refractivity contribution in [2.45, 2.75) is 20.0 Å². The zero-order valence-electron chi connectivity index (χ0n) is 15.6. The Morgan fingerprint density at radius 3 is 2.41 bits per heavy atom. The van der Waals surface area contributed by atoms with Crippen LogP contribution in [0.2, 0.25) is 5.02 Å². The normalized spacial score (nSPS) is 15.4. The van der Waals surface area contributed by atoms with Gasteiger partial charge in [0.05, 0.1) is 5.56 Å². The van der Waals surface area contributed by atoms with Crippen LogP contribution in [-0.4, -0.2) is 46.5 Å². The second kappa shape index (κ2) is 7.75. The lowest BCUT2D eigenvalue weighted by Gasteiger charge is -2.34. The van der Waals surface area contributed by atoms with E-state index in [4.69, 9.17) is 11.6 Å². The number of fused-ring (bicyclic) bond motifs is 1. The minimum absolute atomic E-state index is 0.143. The van der Waals surface area contributed by atoms with Gasteiger partial charge in [0.25, 0.3) is 5.91 Å². The smallest absolute Gasteiger partial charge is 0.256 e. The van der Waals surface area contributed by atoms with E-state index in [1.807, 2.05) is 41.4 Å². The Bertz CT molecular complexity index is 940. The molecule has 1 aromatic heterocycles. The van der Waals surface area contributed by atoms with Crippen LogP contribution in [0.5, 0.6) is 0 Å². The molecule has 0 radical (unpaired) electrons. The number of piperazine rings is 1. The SMILES string of the molecule is CCn1cc(C(=O)N2CCN(Cc3ccc(Cl)cc3)CC2)c2ccccc21. The van der Waals surface area contributed by atoms with Crippen LogP contribution >= 0.6 is 11.6 Å². The standard InChI is InChI=1S/C22H24ClN3O/c1-2-25-16-20(19-5-3-4-6-21(19)25)22(27)26-13-11-24(12-14-26)15-17-7-9-18(23)10-8-17/h3-10,16H,2,11-15H2,1H3. The van der Waals surface area contributed by atoms with E-state index < -0.39 is 0 Å². The Morgan fingerprint density at radius 1 is 1.00 bits per heavy atom. The number of aromatic nitrogens is 1. The Kier molecular flexibility index (Phi) is 5.19. The third-order valence-corrected chi connectivity index (χ3v) is 5.59. The predicted molar refractivity (Wildman–Crippen MR) is 110 cm³/mol. The molecule has 0 aliphatic carbocycles. The van der Waals surface area contributed by atoms with E-state index in [1.165, 1.54) is 5.56 Å². The molecule has 1 saturated heterocycles. The molecule has 3 aromatic rings. The first-order chi connectivity index (χ1) is 13.2. The summed E-state index contributed by atoms with van der Waals surface area (Å²) >= 11 is 5.96. The number of amides is 1. The molecule has 2 aromatic carbocycles. The number of rotatable bonds is 4. The lowest BCUT2D eigenvalue weighted by Crippen LogP contribution is -2.48. The zero-order chi connectivity index (χ0) is 18.8. The van der Waals surface area contributed by atoms with Crippen LogP contribution in [0.4, 0.5) is 0 Å². The summed E-state index contributed by atoms with van der Waals surface area (Å²) in [6, 6.07) is 16.2. The topological polar surface area (TPSA) is 28.5 Å². The first kappa shape index (κ1) is 18.1. The minimum Gasteiger partial charge on any atom is -0.347 e. The molecular formula is C22H24ClN3O. The van der Waals surface area contributed by atoms with Crippen molar-refractivity contribution in [3.05, 3.63) is 70.9 Å². The number of para-hydroxylation sites is 1. The van der Waals surface area contributed by atoms with Gasteiger partial charge in [0.2, 0.25) is 0 Å². The summed E-state index contributed by atoms with van der Waals surface area (Å²) < 4.78 is 2.15. The largest absolute Gasteiger partial charge is 0.347 e. The second-order valence-corrected chi connectivity index (χ2v) is 7.48. The maximum atomic E-state index is 13.1. The summed E-state index contributed by atoms with van der Waals surface area (Å²) in [5.74, 6) is 0.143. The molecule has 4 rings (SSSR count). The molecule has 0 atom stereocenters. The summed E-state index contributed by atoms with van der Waals surface area (Å²) in [4.78, 5) is 17.5. The van der Waals surface area contributed by atoms with Gasteiger partial charge >= 0.3 is 0 Å². The minimum atomic E-state index is 0.143. The van der Waals surface area contributed by atoms with Crippen molar-refractivity contribution in [1.29, 1.82) is 0 Å². The quantitative estimate of drug-likeness (QED) is 0.675. The van der Waals surface area contributed by atoms with Crippen molar-refractivity contribution < 1.29 is 4.79 Å². The van der Waals surface area contributed by atoms with Crippen LogP contribution in [0.25, 0.3) is 10.9 Å². The molecule has 2 heterocycles. The van der Waals surface area contributed by atoms with Crippen molar-refractivity contribution in [3.8, 4) is 0 Å². The molecule has 1 aliphatic rings. The van der Waals surface area contributed by atoms with Crippen molar-refractivity contribution in [1.82, 2.24) is 14.4 Å². The van der Waals surface area contributed by atoms with E-state index in [1.54, 1.807) is 0 Å². The molecular weight excluding hydrogens is 358 g/mol. The molecule has 0 spiro atoms. The third kappa shape index (κ3) is 3.73. The molecule has 0 unspecified atom stereocenters. The maximum absolute atomic E-state index is 13.1. The molecule has 140 valence electrons. The summed E-state index contributed by atoms with van der Waals surface area (Å²) in [6.07, 6.45) is 2.01. The van der Waals surface area contributed by atoms with E-state index in [-0.39, 0.29) is 5.91 Å². The van der Waals surface area contributed by atoms with Crippen LogP contribution < -0.4 is 0 Å². The van der Waals surface area contributed by atoms with Gasteiger partial charge in [-0.2, -0.15) is 0 Å². The van der Waals surface area contributed by atoms with E-state index >= 15 is 0 Å². The molecule has 0 saturated carbocycles. The van der Waals surface area contributed by atoms with Gasteiger partial charge in [-0.15, -0.1) is 0 Å². The van der Waals surface area contributed by atoms with Crippen molar-refractivity contribution in [2.75, 3.05) is 26.2 Å². The van der Waals surface area contributed by atoms with E-state index in [9.17, 15) is 4.79 Å². The van der Waals surface area contributed by atoms with Gasteiger partial charge in [-0.1, -0.05) is 41.9 Å². The highest BCUT2D eigenvalue weighted by atomic mass is 35.5. The molecule has 27 heavy (non-hydrogen) atoms. The molecule has 5 heteroatoms. The third-order valence-electron chi connectivity index (χ3n) is 5.34. The fraction of sp³-hybridized carbons (Fsp3) is 0.318. The number of hydrogen-bond donors (Lipinski definition) is 0.